The highest BCUT2D eigenvalue weighted by Gasteiger charge is 2.35. The van der Waals surface area contributed by atoms with Gasteiger partial charge in [0.1, 0.15) is 6.04 Å². The minimum absolute atomic E-state index is 0.0591. The van der Waals surface area contributed by atoms with E-state index < -0.39 is 23.3 Å². The smallest absolute Gasteiger partial charge is 0.305 e. The van der Waals surface area contributed by atoms with Crippen molar-refractivity contribution in [2.24, 2.45) is 17.3 Å². The predicted octanol–water partition coefficient (Wildman–Crippen LogP) is 2.89. The number of benzene rings is 1. The molecule has 1 aromatic rings. The lowest BCUT2D eigenvalue weighted by Crippen LogP contribution is -2.55. The van der Waals surface area contributed by atoms with Crippen molar-refractivity contribution in [3.8, 4) is 0 Å². The highest BCUT2D eigenvalue weighted by Crippen LogP contribution is 2.22. The standard InChI is InChI=1S/C26H41N3O6/c1-18(2)15-20(16-21(30)29-35-17-19-11-8-7-9-12-19)24(32)28-23(26(3,4)5)25(33)27-14-10-13-22(31)34-6/h7-9,11-12,18,20,23H,10,13-17H2,1-6H3,(H,27,33)(H,28,32)(H,29,30)/t20-,23-/m1/s1. The molecule has 0 aliphatic carbocycles. The fourth-order valence-electron chi connectivity index (χ4n) is 3.48. The van der Waals surface area contributed by atoms with Gasteiger partial charge in [0, 0.05) is 25.3 Å². The van der Waals surface area contributed by atoms with Gasteiger partial charge in [-0.15, -0.1) is 0 Å². The van der Waals surface area contributed by atoms with Crippen molar-refractivity contribution in [1.29, 1.82) is 0 Å². The number of hydroxylamine groups is 1. The van der Waals surface area contributed by atoms with Crippen molar-refractivity contribution in [3.05, 3.63) is 35.9 Å². The van der Waals surface area contributed by atoms with Crippen molar-refractivity contribution in [3.63, 3.8) is 0 Å². The summed E-state index contributed by atoms with van der Waals surface area (Å²) in [5, 5.41) is 5.62. The Balaban J connectivity index is 2.71. The Morgan fingerprint density at radius 1 is 1.00 bits per heavy atom. The second-order valence-electron chi connectivity index (χ2n) is 10.1. The van der Waals surface area contributed by atoms with Gasteiger partial charge in [-0.25, -0.2) is 5.48 Å². The molecule has 3 N–H and O–H groups in total. The van der Waals surface area contributed by atoms with Crippen molar-refractivity contribution in [2.75, 3.05) is 13.7 Å². The number of methoxy groups -OCH3 is 1. The zero-order valence-electron chi connectivity index (χ0n) is 21.8. The lowest BCUT2D eigenvalue weighted by atomic mass is 9.85. The van der Waals surface area contributed by atoms with Gasteiger partial charge < -0.3 is 15.4 Å². The Kier molecular flexibility index (Phi) is 13.0. The van der Waals surface area contributed by atoms with Gasteiger partial charge in [0.25, 0.3) is 0 Å². The van der Waals surface area contributed by atoms with Crippen LogP contribution in [0.4, 0.5) is 0 Å². The van der Waals surface area contributed by atoms with Gasteiger partial charge in [0.2, 0.25) is 17.7 Å². The number of esters is 1. The summed E-state index contributed by atoms with van der Waals surface area (Å²) in [4.78, 5) is 55.0. The zero-order valence-corrected chi connectivity index (χ0v) is 21.8. The maximum absolute atomic E-state index is 13.2. The Morgan fingerprint density at radius 2 is 1.66 bits per heavy atom. The topological polar surface area (TPSA) is 123 Å². The largest absolute Gasteiger partial charge is 0.469 e. The van der Waals surface area contributed by atoms with Crippen LogP contribution in [0.25, 0.3) is 0 Å². The Labute approximate surface area is 208 Å². The van der Waals surface area contributed by atoms with Crippen molar-refractivity contribution in [1.82, 2.24) is 16.1 Å². The number of hydrogen-bond donors (Lipinski definition) is 3. The quantitative estimate of drug-likeness (QED) is 0.209. The predicted molar refractivity (Wildman–Crippen MR) is 133 cm³/mol. The summed E-state index contributed by atoms with van der Waals surface area (Å²) in [6, 6.07) is 8.61. The molecule has 0 aromatic heterocycles. The lowest BCUT2D eigenvalue weighted by molar-refractivity contribution is -0.141. The van der Waals surface area contributed by atoms with E-state index in [1.54, 1.807) is 0 Å². The Hall–Kier alpha value is -2.94. The molecule has 0 spiro atoms. The molecule has 0 bridgehead atoms. The Morgan fingerprint density at radius 3 is 2.23 bits per heavy atom. The summed E-state index contributed by atoms with van der Waals surface area (Å²) in [5.41, 5.74) is 2.76. The number of ether oxygens (including phenoxy) is 1. The molecule has 3 amide bonds. The molecule has 0 aliphatic heterocycles. The van der Waals surface area contributed by atoms with Gasteiger partial charge in [0.05, 0.1) is 13.7 Å². The molecule has 0 heterocycles. The molecule has 0 saturated carbocycles. The zero-order chi connectivity index (χ0) is 26.4. The molecule has 0 aliphatic rings. The molecule has 9 nitrogen and oxygen atoms in total. The van der Waals surface area contributed by atoms with Crippen LogP contribution in [-0.4, -0.2) is 43.4 Å². The summed E-state index contributed by atoms with van der Waals surface area (Å²) in [6.45, 7) is 10.0. The van der Waals surface area contributed by atoms with Crippen LogP contribution in [0, 0.1) is 17.3 Å². The second kappa shape index (κ2) is 15.1. The first-order valence-electron chi connectivity index (χ1n) is 12.0. The highest BCUT2D eigenvalue weighted by atomic mass is 16.6. The van der Waals surface area contributed by atoms with Crippen LogP contribution in [0.5, 0.6) is 0 Å². The van der Waals surface area contributed by atoms with Gasteiger partial charge in [0.15, 0.2) is 0 Å². The normalized spacial score (nSPS) is 13.0. The van der Waals surface area contributed by atoms with Gasteiger partial charge >= 0.3 is 5.97 Å². The van der Waals surface area contributed by atoms with Crippen LogP contribution in [-0.2, 0) is 35.4 Å². The molecule has 0 saturated heterocycles. The third-order valence-corrected chi connectivity index (χ3v) is 5.33. The van der Waals surface area contributed by atoms with Crippen LogP contribution < -0.4 is 16.1 Å². The summed E-state index contributed by atoms with van der Waals surface area (Å²) >= 11 is 0. The van der Waals surface area contributed by atoms with E-state index in [1.807, 2.05) is 65.0 Å². The summed E-state index contributed by atoms with van der Waals surface area (Å²) in [6.07, 6.45) is 1.05. The molecular formula is C26H41N3O6. The summed E-state index contributed by atoms with van der Waals surface area (Å²) in [7, 11) is 1.31. The number of carbonyl (C=O) groups is 4. The number of nitrogens with one attached hydrogen (secondary N) is 3. The van der Waals surface area contributed by atoms with Crippen LogP contribution in [0.2, 0.25) is 0 Å². The number of hydrogen-bond acceptors (Lipinski definition) is 6. The molecule has 196 valence electrons. The highest BCUT2D eigenvalue weighted by molar-refractivity contribution is 5.91. The molecule has 1 rings (SSSR count). The van der Waals surface area contributed by atoms with E-state index in [2.05, 4.69) is 20.9 Å². The first-order chi connectivity index (χ1) is 16.4. The van der Waals surface area contributed by atoms with Crippen LogP contribution in [0.3, 0.4) is 0 Å². The van der Waals surface area contributed by atoms with Crippen molar-refractivity contribution >= 4 is 23.7 Å². The van der Waals surface area contributed by atoms with E-state index in [9.17, 15) is 19.2 Å². The van der Waals surface area contributed by atoms with Crippen LogP contribution >= 0.6 is 0 Å². The lowest BCUT2D eigenvalue weighted by Gasteiger charge is -2.32. The minimum Gasteiger partial charge on any atom is -0.469 e. The van der Waals surface area contributed by atoms with Crippen molar-refractivity contribution < 1.29 is 28.8 Å². The fraction of sp³-hybridized carbons (Fsp3) is 0.615. The molecule has 0 unspecified atom stereocenters. The molecular weight excluding hydrogens is 450 g/mol. The molecule has 2 atom stereocenters. The average Bonchev–Trinajstić information content (AvgIpc) is 2.79. The van der Waals surface area contributed by atoms with E-state index in [4.69, 9.17) is 4.84 Å². The summed E-state index contributed by atoms with van der Waals surface area (Å²) in [5.74, 6) is -1.89. The van der Waals surface area contributed by atoms with E-state index in [0.29, 0.717) is 12.8 Å². The maximum atomic E-state index is 13.2. The molecule has 0 fully saturated rings. The van der Waals surface area contributed by atoms with E-state index in [1.165, 1.54) is 7.11 Å². The average molecular weight is 492 g/mol. The molecule has 35 heavy (non-hydrogen) atoms. The van der Waals surface area contributed by atoms with Gasteiger partial charge in [-0.2, -0.15) is 0 Å². The molecule has 9 heteroatoms. The monoisotopic (exact) mass is 491 g/mol. The van der Waals surface area contributed by atoms with E-state index >= 15 is 0 Å². The molecule has 1 aromatic carbocycles. The fourth-order valence-corrected chi connectivity index (χ4v) is 3.48. The molecule has 0 radical (unpaired) electrons. The Bertz CT molecular complexity index is 820. The number of amides is 3. The second-order valence-corrected chi connectivity index (χ2v) is 10.1. The summed E-state index contributed by atoms with van der Waals surface area (Å²) < 4.78 is 4.60. The van der Waals surface area contributed by atoms with Crippen molar-refractivity contribution in [2.45, 2.75) is 73.0 Å². The minimum atomic E-state index is -0.805. The maximum Gasteiger partial charge on any atom is 0.305 e. The number of rotatable bonds is 14. The van der Waals surface area contributed by atoms with Crippen LogP contribution in [0.1, 0.15) is 65.9 Å². The van der Waals surface area contributed by atoms with Gasteiger partial charge in [-0.05, 0) is 29.7 Å². The third-order valence-electron chi connectivity index (χ3n) is 5.33. The van der Waals surface area contributed by atoms with E-state index in [0.717, 1.165) is 5.56 Å². The first kappa shape index (κ1) is 30.1. The van der Waals surface area contributed by atoms with Crippen LogP contribution in [0.15, 0.2) is 30.3 Å². The SMILES string of the molecule is COC(=O)CCCNC(=O)[C@@H](NC(=O)[C@@H](CC(=O)NOCc1ccccc1)CC(C)C)C(C)(C)C. The van der Waals surface area contributed by atoms with Gasteiger partial charge in [-0.3, -0.25) is 24.0 Å². The number of carbonyl (C=O) groups excluding carboxylic acids is 4. The third kappa shape index (κ3) is 12.4. The van der Waals surface area contributed by atoms with Gasteiger partial charge in [-0.1, -0.05) is 65.0 Å². The van der Waals surface area contributed by atoms with E-state index in [-0.39, 0.29) is 49.7 Å². The first-order valence-corrected chi connectivity index (χ1v) is 12.0.